The fraction of sp³-hybridized carbons (Fsp3) is 0.364. The van der Waals surface area contributed by atoms with Crippen molar-refractivity contribution in [3.8, 4) is 0 Å². The Labute approximate surface area is 160 Å². The number of para-hydroxylation sites is 2. The number of carbonyl (C=O) groups is 1. The van der Waals surface area contributed by atoms with Gasteiger partial charge in [-0.3, -0.25) is 4.79 Å². The molecular weight excluding hydrogens is 336 g/mol. The number of rotatable bonds is 4. The van der Waals surface area contributed by atoms with Crippen LogP contribution in [0.3, 0.4) is 0 Å². The van der Waals surface area contributed by atoms with Gasteiger partial charge < -0.3 is 14.8 Å². The zero-order valence-electron chi connectivity index (χ0n) is 16.0. The third kappa shape index (κ3) is 3.60. The van der Waals surface area contributed by atoms with Gasteiger partial charge in [0.15, 0.2) is 0 Å². The summed E-state index contributed by atoms with van der Waals surface area (Å²) in [5.41, 5.74) is 4.07. The molecule has 0 spiro atoms. The van der Waals surface area contributed by atoms with Crippen LogP contribution in [0.5, 0.6) is 0 Å². The van der Waals surface area contributed by atoms with Crippen LogP contribution in [-0.2, 0) is 6.54 Å². The number of piperidine rings is 1. The summed E-state index contributed by atoms with van der Waals surface area (Å²) in [4.78, 5) is 19.3. The molecular formula is C22H26N4O. The molecule has 2 aromatic carbocycles. The summed E-state index contributed by atoms with van der Waals surface area (Å²) in [5, 5.41) is 3.37. The Bertz CT molecular complexity index is 939. The zero-order valence-corrected chi connectivity index (χ0v) is 16.0. The van der Waals surface area contributed by atoms with Gasteiger partial charge in [-0.2, -0.15) is 0 Å². The highest BCUT2D eigenvalue weighted by atomic mass is 16.2. The molecule has 140 valence electrons. The van der Waals surface area contributed by atoms with Crippen LogP contribution in [0, 0.1) is 6.92 Å². The van der Waals surface area contributed by atoms with E-state index in [2.05, 4.69) is 33.1 Å². The average Bonchev–Trinajstić information content (AvgIpc) is 3.03. The highest BCUT2D eigenvalue weighted by Gasteiger charge is 2.22. The van der Waals surface area contributed by atoms with Crippen molar-refractivity contribution in [1.82, 2.24) is 19.8 Å². The van der Waals surface area contributed by atoms with Crippen LogP contribution < -0.4 is 5.32 Å². The average molecular weight is 362 g/mol. The summed E-state index contributed by atoms with van der Waals surface area (Å²) in [5.74, 6) is 1.10. The van der Waals surface area contributed by atoms with Gasteiger partial charge in [0.2, 0.25) is 0 Å². The van der Waals surface area contributed by atoms with Crippen LogP contribution in [0.2, 0.25) is 0 Å². The highest BCUT2D eigenvalue weighted by molar-refractivity contribution is 5.94. The molecule has 2 heterocycles. The summed E-state index contributed by atoms with van der Waals surface area (Å²) in [6, 6.07) is 16.5. The van der Waals surface area contributed by atoms with Crippen LogP contribution in [0.4, 0.5) is 0 Å². The minimum atomic E-state index is 0.0968. The molecule has 0 saturated carbocycles. The maximum absolute atomic E-state index is 12.8. The summed E-state index contributed by atoms with van der Waals surface area (Å²) < 4.78 is 2.21. The van der Waals surface area contributed by atoms with Gasteiger partial charge in [-0.15, -0.1) is 0 Å². The van der Waals surface area contributed by atoms with Gasteiger partial charge in [-0.05, 0) is 56.1 Å². The number of nitrogens with one attached hydrogen (secondary N) is 1. The monoisotopic (exact) mass is 362 g/mol. The van der Waals surface area contributed by atoms with E-state index in [4.69, 9.17) is 0 Å². The van der Waals surface area contributed by atoms with Crippen molar-refractivity contribution >= 4 is 16.9 Å². The topological polar surface area (TPSA) is 50.2 Å². The van der Waals surface area contributed by atoms with Gasteiger partial charge in [0, 0.05) is 31.7 Å². The molecule has 5 nitrogen and oxygen atoms in total. The van der Waals surface area contributed by atoms with Crippen LogP contribution in [0.25, 0.3) is 11.0 Å². The first kappa shape index (κ1) is 17.7. The van der Waals surface area contributed by atoms with Crippen LogP contribution >= 0.6 is 0 Å². The lowest BCUT2D eigenvalue weighted by Gasteiger charge is -2.31. The summed E-state index contributed by atoms with van der Waals surface area (Å²) in [6.45, 7) is 4.72. The minimum absolute atomic E-state index is 0.0968. The molecule has 1 fully saturated rings. The molecule has 3 aromatic rings. The van der Waals surface area contributed by atoms with E-state index >= 15 is 0 Å². The van der Waals surface area contributed by atoms with E-state index in [9.17, 15) is 4.79 Å². The van der Waals surface area contributed by atoms with E-state index in [1.54, 1.807) is 0 Å². The quantitative estimate of drug-likeness (QED) is 0.775. The molecule has 0 bridgehead atoms. The number of fused-ring (bicyclic) bond motifs is 1. The lowest BCUT2D eigenvalue weighted by Crippen LogP contribution is -2.46. The Kier molecular flexibility index (Phi) is 4.94. The lowest BCUT2D eigenvalue weighted by molar-refractivity contribution is 0.0708. The molecule has 1 unspecified atom stereocenters. The molecule has 4 rings (SSSR count). The van der Waals surface area contributed by atoms with Gasteiger partial charge >= 0.3 is 0 Å². The van der Waals surface area contributed by atoms with E-state index in [-0.39, 0.29) is 11.9 Å². The van der Waals surface area contributed by atoms with Crippen molar-refractivity contribution < 1.29 is 4.79 Å². The molecule has 0 aliphatic carbocycles. The standard InChI is InChI=1S/C22H26N4O/c1-16-24-20-7-3-4-8-21(20)26(16)15-17-9-11-18(12-10-17)22(27)25(2)19-6-5-13-23-14-19/h3-4,7-12,19,23H,5-6,13-15H2,1-2H3. The number of hydrogen-bond acceptors (Lipinski definition) is 3. The molecule has 1 amide bonds. The van der Waals surface area contributed by atoms with Crippen LogP contribution in [0.1, 0.15) is 34.6 Å². The Morgan fingerprint density at radius 3 is 2.74 bits per heavy atom. The number of amides is 1. The maximum Gasteiger partial charge on any atom is 0.253 e. The lowest BCUT2D eigenvalue weighted by atomic mass is 10.0. The summed E-state index contributed by atoms with van der Waals surface area (Å²) in [7, 11) is 1.91. The van der Waals surface area contributed by atoms with Crippen molar-refractivity contribution in [2.24, 2.45) is 0 Å². The smallest absolute Gasteiger partial charge is 0.253 e. The maximum atomic E-state index is 12.8. The molecule has 27 heavy (non-hydrogen) atoms. The Morgan fingerprint density at radius 2 is 2.00 bits per heavy atom. The van der Waals surface area contributed by atoms with Gasteiger partial charge in [0.1, 0.15) is 5.82 Å². The molecule has 1 atom stereocenters. The van der Waals surface area contributed by atoms with E-state index < -0.39 is 0 Å². The third-order valence-corrected chi connectivity index (χ3v) is 5.53. The normalized spacial score (nSPS) is 17.2. The fourth-order valence-corrected chi connectivity index (χ4v) is 3.86. The number of imidazole rings is 1. The van der Waals surface area contributed by atoms with Gasteiger partial charge in [0.05, 0.1) is 11.0 Å². The second-order valence-electron chi connectivity index (χ2n) is 7.35. The third-order valence-electron chi connectivity index (χ3n) is 5.53. The van der Waals surface area contributed by atoms with Gasteiger partial charge in [0.25, 0.3) is 5.91 Å². The minimum Gasteiger partial charge on any atom is -0.337 e. The number of aromatic nitrogens is 2. The molecule has 0 radical (unpaired) electrons. The Morgan fingerprint density at radius 1 is 1.22 bits per heavy atom. The number of nitrogens with zero attached hydrogens (tertiary/aromatic N) is 3. The SMILES string of the molecule is Cc1nc2ccccc2n1Cc1ccc(C(=O)N(C)C2CCCNC2)cc1. The molecule has 5 heteroatoms. The molecule has 1 aromatic heterocycles. The number of benzene rings is 2. The predicted octanol–water partition coefficient (Wildman–Crippen LogP) is 3.22. The second-order valence-corrected chi connectivity index (χ2v) is 7.35. The zero-order chi connectivity index (χ0) is 18.8. The summed E-state index contributed by atoms with van der Waals surface area (Å²) >= 11 is 0. The molecule has 1 aliphatic heterocycles. The largest absolute Gasteiger partial charge is 0.337 e. The highest BCUT2D eigenvalue weighted by Crippen LogP contribution is 2.18. The number of aryl methyl sites for hydroxylation is 1. The first-order valence-corrected chi connectivity index (χ1v) is 9.62. The van der Waals surface area contributed by atoms with Gasteiger partial charge in [-0.1, -0.05) is 24.3 Å². The van der Waals surface area contributed by atoms with E-state index in [1.807, 2.05) is 49.2 Å². The molecule has 1 saturated heterocycles. The van der Waals surface area contributed by atoms with Crippen LogP contribution in [0.15, 0.2) is 48.5 Å². The molecule has 1 aliphatic rings. The van der Waals surface area contributed by atoms with Crippen molar-refractivity contribution in [2.45, 2.75) is 32.4 Å². The number of likely N-dealkylation sites (N-methyl/N-ethyl adjacent to an activating group) is 1. The van der Waals surface area contributed by atoms with E-state index in [0.29, 0.717) is 0 Å². The Hall–Kier alpha value is -2.66. The van der Waals surface area contributed by atoms with E-state index in [1.165, 1.54) is 5.56 Å². The van der Waals surface area contributed by atoms with Crippen molar-refractivity contribution in [2.75, 3.05) is 20.1 Å². The van der Waals surface area contributed by atoms with Crippen molar-refractivity contribution in [3.05, 3.63) is 65.5 Å². The first-order chi connectivity index (χ1) is 13.1. The van der Waals surface area contributed by atoms with Crippen LogP contribution in [-0.4, -0.2) is 46.5 Å². The van der Waals surface area contributed by atoms with Gasteiger partial charge in [-0.25, -0.2) is 4.98 Å². The van der Waals surface area contributed by atoms with E-state index in [0.717, 1.165) is 54.9 Å². The second kappa shape index (κ2) is 7.53. The molecule has 1 N–H and O–H groups in total. The fourth-order valence-electron chi connectivity index (χ4n) is 3.86. The van der Waals surface area contributed by atoms with Crippen molar-refractivity contribution in [1.29, 1.82) is 0 Å². The summed E-state index contributed by atoms with van der Waals surface area (Å²) in [6.07, 6.45) is 2.19. The number of carbonyl (C=O) groups excluding carboxylic acids is 1. The predicted molar refractivity (Wildman–Crippen MR) is 108 cm³/mol. The number of hydrogen-bond donors (Lipinski definition) is 1. The Balaban J connectivity index is 1.50. The van der Waals surface area contributed by atoms with Crippen molar-refractivity contribution in [3.63, 3.8) is 0 Å². The first-order valence-electron chi connectivity index (χ1n) is 9.62.